The van der Waals surface area contributed by atoms with E-state index in [1.807, 2.05) is 22.9 Å². The van der Waals surface area contributed by atoms with E-state index in [0.29, 0.717) is 5.69 Å². The van der Waals surface area contributed by atoms with Crippen molar-refractivity contribution in [1.29, 1.82) is 5.26 Å². The molecule has 0 saturated heterocycles. The van der Waals surface area contributed by atoms with Crippen LogP contribution in [0, 0.1) is 11.3 Å². The third-order valence-electron chi connectivity index (χ3n) is 3.29. The van der Waals surface area contributed by atoms with Crippen LogP contribution in [0.2, 0.25) is 0 Å². The van der Waals surface area contributed by atoms with Gasteiger partial charge in [0.25, 0.3) is 0 Å². The number of rotatable bonds is 2. The summed E-state index contributed by atoms with van der Waals surface area (Å²) in [7, 11) is 0. The van der Waals surface area contributed by atoms with Crippen LogP contribution >= 0.6 is 0 Å². The van der Waals surface area contributed by atoms with Crippen LogP contribution in [0.5, 0.6) is 0 Å². The van der Waals surface area contributed by atoms with E-state index in [-0.39, 0.29) is 0 Å². The molecule has 1 aliphatic rings. The zero-order valence-electron chi connectivity index (χ0n) is 10.1. The zero-order chi connectivity index (χ0) is 12.4. The first-order valence-electron chi connectivity index (χ1n) is 6.12. The van der Waals surface area contributed by atoms with Gasteiger partial charge in [-0.2, -0.15) is 10.4 Å². The molecular weight excluding hydrogens is 224 g/mol. The minimum Gasteiger partial charge on any atom is -0.312 e. The smallest absolute Gasteiger partial charge is 0.167 e. The summed E-state index contributed by atoms with van der Waals surface area (Å²) in [5.74, 6) is 0. The predicted molar refractivity (Wildman–Crippen MR) is 67.9 cm³/mol. The average molecular weight is 238 g/mol. The van der Waals surface area contributed by atoms with Crippen LogP contribution in [0.1, 0.15) is 22.5 Å². The molecule has 18 heavy (non-hydrogen) atoms. The van der Waals surface area contributed by atoms with E-state index < -0.39 is 0 Å². The largest absolute Gasteiger partial charge is 0.312 e. The minimum absolute atomic E-state index is 0.563. The van der Waals surface area contributed by atoms with Crippen LogP contribution in [-0.2, 0) is 19.5 Å². The number of benzene rings is 1. The van der Waals surface area contributed by atoms with E-state index >= 15 is 0 Å². The quantitative estimate of drug-likeness (QED) is 0.861. The van der Waals surface area contributed by atoms with Gasteiger partial charge in [-0.15, -0.1) is 0 Å². The van der Waals surface area contributed by atoms with Crippen molar-refractivity contribution in [3.8, 4) is 6.07 Å². The van der Waals surface area contributed by atoms with Gasteiger partial charge in [-0.25, -0.2) is 0 Å². The Morgan fingerprint density at radius 3 is 2.94 bits per heavy atom. The van der Waals surface area contributed by atoms with E-state index in [0.717, 1.165) is 31.6 Å². The van der Waals surface area contributed by atoms with Gasteiger partial charge in [-0.05, 0) is 5.56 Å². The lowest BCUT2D eigenvalue weighted by Gasteiger charge is -2.15. The number of fused-ring (bicyclic) bond motifs is 1. The number of nitriles is 1. The Kier molecular flexibility index (Phi) is 2.83. The van der Waals surface area contributed by atoms with Gasteiger partial charge in [0, 0.05) is 30.8 Å². The topological polar surface area (TPSA) is 53.6 Å². The number of aromatic nitrogens is 2. The third-order valence-corrected chi connectivity index (χ3v) is 3.29. The molecule has 1 N–H and O–H groups in total. The summed E-state index contributed by atoms with van der Waals surface area (Å²) >= 11 is 0. The second-order valence-electron chi connectivity index (χ2n) is 4.46. The molecular formula is C14H14N4. The van der Waals surface area contributed by atoms with Crippen LogP contribution in [0.3, 0.4) is 0 Å². The Balaban J connectivity index is 1.98. The van der Waals surface area contributed by atoms with Gasteiger partial charge in [0.2, 0.25) is 0 Å². The van der Waals surface area contributed by atoms with Crippen LogP contribution < -0.4 is 5.32 Å². The first-order chi connectivity index (χ1) is 8.88. The standard InChI is InChI=1S/C14H14N4/c15-8-13-12-9-16-7-6-14(12)18(17-13)10-11-4-2-1-3-5-11/h1-5,16H,6-7,9-10H2. The first-order valence-corrected chi connectivity index (χ1v) is 6.12. The maximum atomic E-state index is 9.12. The molecule has 0 saturated carbocycles. The Labute approximate surface area is 106 Å². The number of hydrogen-bond donors (Lipinski definition) is 1. The van der Waals surface area contributed by atoms with E-state index in [4.69, 9.17) is 5.26 Å². The summed E-state index contributed by atoms with van der Waals surface area (Å²) in [5, 5.41) is 16.8. The minimum atomic E-state index is 0.563. The maximum absolute atomic E-state index is 9.12. The second kappa shape index (κ2) is 4.63. The SMILES string of the molecule is N#Cc1nn(Cc2ccccc2)c2c1CNCC2. The van der Waals surface area contributed by atoms with Gasteiger partial charge < -0.3 is 5.32 Å². The van der Waals surface area contributed by atoms with Gasteiger partial charge >= 0.3 is 0 Å². The van der Waals surface area contributed by atoms with Crippen molar-refractivity contribution < 1.29 is 0 Å². The molecule has 4 nitrogen and oxygen atoms in total. The lowest BCUT2D eigenvalue weighted by atomic mass is 10.1. The fourth-order valence-corrected chi connectivity index (χ4v) is 2.40. The molecule has 0 fully saturated rings. The van der Waals surface area contributed by atoms with Crippen LogP contribution in [0.25, 0.3) is 0 Å². The van der Waals surface area contributed by atoms with Crippen molar-refractivity contribution in [3.05, 3.63) is 52.8 Å². The van der Waals surface area contributed by atoms with Crippen molar-refractivity contribution >= 4 is 0 Å². The van der Waals surface area contributed by atoms with E-state index in [1.54, 1.807) is 0 Å². The number of nitrogens with zero attached hydrogens (tertiary/aromatic N) is 3. The molecule has 4 heteroatoms. The van der Waals surface area contributed by atoms with E-state index in [2.05, 4.69) is 28.6 Å². The van der Waals surface area contributed by atoms with Gasteiger partial charge in [0.15, 0.2) is 5.69 Å². The molecule has 1 aromatic carbocycles. The van der Waals surface area contributed by atoms with Gasteiger partial charge in [-0.1, -0.05) is 30.3 Å². The Morgan fingerprint density at radius 1 is 1.33 bits per heavy atom. The first kappa shape index (κ1) is 11.0. The van der Waals surface area contributed by atoms with Crippen molar-refractivity contribution in [2.75, 3.05) is 6.54 Å². The molecule has 2 heterocycles. The van der Waals surface area contributed by atoms with Crippen LogP contribution in [0.15, 0.2) is 30.3 Å². The van der Waals surface area contributed by atoms with Crippen molar-refractivity contribution in [2.24, 2.45) is 0 Å². The highest BCUT2D eigenvalue weighted by atomic mass is 15.3. The maximum Gasteiger partial charge on any atom is 0.167 e. The number of nitrogens with one attached hydrogen (secondary N) is 1. The highest BCUT2D eigenvalue weighted by Gasteiger charge is 2.20. The Bertz CT molecular complexity index is 592. The van der Waals surface area contributed by atoms with Crippen molar-refractivity contribution in [3.63, 3.8) is 0 Å². The molecule has 0 spiro atoms. The molecule has 0 atom stereocenters. The van der Waals surface area contributed by atoms with Gasteiger partial charge in [0.05, 0.1) is 6.54 Å². The van der Waals surface area contributed by atoms with E-state index in [1.165, 1.54) is 11.3 Å². The summed E-state index contributed by atoms with van der Waals surface area (Å²) < 4.78 is 1.98. The molecule has 90 valence electrons. The molecule has 1 aromatic heterocycles. The second-order valence-corrected chi connectivity index (χ2v) is 4.46. The monoisotopic (exact) mass is 238 g/mol. The van der Waals surface area contributed by atoms with E-state index in [9.17, 15) is 0 Å². The third kappa shape index (κ3) is 1.89. The normalized spacial score (nSPS) is 13.9. The molecule has 0 unspecified atom stereocenters. The highest BCUT2D eigenvalue weighted by molar-refractivity contribution is 5.37. The average Bonchev–Trinajstić information content (AvgIpc) is 2.78. The van der Waals surface area contributed by atoms with Crippen molar-refractivity contribution in [1.82, 2.24) is 15.1 Å². The van der Waals surface area contributed by atoms with Gasteiger partial charge in [0.1, 0.15) is 6.07 Å². The van der Waals surface area contributed by atoms with Crippen LogP contribution in [0.4, 0.5) is 0 Å². The highest BCUT2D eigenvalue weighted by Crippen LogP contribution is 2.18. The Hall–Kier alpha value is -2.12. The molecule has 0 amide bonds. The summed E-state index contributed by atoms with van der Waals surface area (Å²) in [6.07, 6.45) is 0.941. The molecule has 0 bridgehead atoms. The molecule has 0 radical (unpaired) electrons. The fourth-order valence-electron chi connectivity index (χ4n) is 2.40. The summed E-state index contributed by atoms with van der Waals surface area (Å²) in [6, 6.07) is 12.4. The number of hydrogen-bond acceptors (Lipinski definition) is 3. The van der Waals surface area contributed by atoms with Crippen molar-refractivity contribution in [2.45, 2.75) is 19.5 Å². The molecule has 2 aromatic rings. The van der Waals surface area contributed by atoms with Crippen LogP contribution in [-0.4, -0.2) is 16.3 Å². The summed E-state index contributed by atoms with van der Waals surface area (Å²) in [5.41, 5.74) is 4.05. The molecule has 1 aliphatic heterocycles. The molecule has 3 rings (SSSR count). The predicted octanol–water partition coefficient (Wildman–Crippen LogP) is 1.45. The Morgan fingerprint density at radius 2 is 2.17 bits per heavy atom. The lowest BCUT2D eigenvalue weighted by Crippen LogP contribution is -2.25. The zero-order valence-corrected chi connectivity index (χ0v) is 10.1. The lowest BCUT2D eigenvalue weighted by molar-refractivity contribution is 0.582. The van der Waals surface area contributed by atoms with Gasteiger partial charge in [-0.3, -0.25) is 4.68 Å². The fraction of sp³-hybridized carbons (Fsp3) is 0.286. The summed E-state index contributed by atoms with van der Waals surface area (Å²) in [4.78, 5) is 0. The molecule has 0 aliphatic carbocycles. The summed E-state index contributed by atoms with van der Waals surface area (Å²) in [6.45, 7) is 2.45.